The van der Waals surface area contributed by atoms with E-state index in [-0.39, 0.29) is 12.5 Å². The number of imidazole rings is 1. The molecule has 36 heavy (non-hydrogen) atoms. The van der Waals surface area contributed by atoms with E-state index in [0.29, 0.717) is 35.1 Å². The highest BCUT2D eigenvalue weighted by molar-refractivity contribution is 9.10. The maximum atomic E-state index is 12.8. The van der Waals surface area contributed by atoms with E-state index in [1.54, 1.807) is 37.3 Å². The van der Waals surface area contributed by atoms with Crippen LogP contribution in [0.15, 0.2) is 71.3 Å². The molecular weight excluding hydrogens is 522 g/mol. The van der Waals surface area contributed by atoms with Gasteiger partial charge in [0.2, 0.25) is 0 Å². The Morgan fingerprint density at radius 3 is 2.61 bits per heavy atom. The molecule has 0 bridgehead atoms. The molecule has 186 valence electrons. The lowest BCUT2D eigenvalue weighted by Crippen LogP contribution is -2.17. The number of aromatic nitrogens is 2. The van der Waals surface area contributed by atoms with Crippen LogP contribution in [0.3, 0.4) is 0 Å². The number of esters is 2. The Balaban J connectivity index is 1.59. The normalized spacial score (nSPS) is 10.9. The predicted octanol–water partition coefficient (Wildman–Crippen LogP) is 6.30. The average Bonchev–Trinajstić information content (AvgIpc) is 3.24. The number of fused-ring (bicyclic) bond motifs is 1. The molecule has 0 aliphatic carbocycles. The minimum Gasteiger partial charge on any atom is -0.465 e. The number of rotatable bonds is 10. The van der Waals surface area contributed by atoms with E-state index >= 15 is 0 Å². The molecule has 2 aromatic heterocycles. The molecule has 0 unspecified atom stereocenters. The molecule has 7 nitrogen and oxygen atoms in total. The minimum absolute atomic E-state index is 0.00985. The zero-order valence-corrected chi connectivity index (χ0v) is 21.9. The molecule has 0 atom stereocenters. The van der Waals surface area contributed by atoms with Crippen molar-refractivity contribution in [2.45, 2.75) is 33.1 Å². The van der Waals surface area contributed by atoms with Crippen molar-refractivity contribution in [1.29, 1.82) is 0 Å². The topological polar surface area (TPSA) is 81.9 Å². The van der Waals surface area contributed by atoms with Crippen LogP contribution in [0.5, 0.6) is 5.75 Å². The first-order valence-electron chi connectivity index (χ1n) is 12.0. The van der Waals surface area contributed by atoms with Gasteiger partial charge in [0.05, 0.1) is 12.2 Å². The van der Waals surface area contributed by atoms with Gasteiger partial charge in [-0.2, -0.15) is 0 Å². The smallest absolute Gasteiger partial charge is 0.343 e. The summed E-state index contributed by atoms with van der Waals surface area (Å²) in [6.45, 7) is 4.22. The zero-order valence-electron chi connectivity index (χ0n) is 20.3. The highest BCUT2D eigenvalue weighted by atomic mass is 79.9. The number of hydrogen-bond acceptors (Lipinski definition) is 6. The van der Waals surface area contributed by atoms with Crippen LogP contribution in [0.2, 0.25) is 0 Å². The number of aryl methyl sites for hydroxylation is 1. The van der Waals surface area contributed by atoms with Gasteiger partial charge in [-0.25, -0.2) is 9.78 Å². The van der Waals surface area contributed by atoms with Crippen molar-refractivity contribution in [2.24, 2.45) is 0 Å². The molecule has 0 fully saturated rings. The fourth-order valence-corrected chi connectivity index (χ4v) is 4.16. The van der Waals surface area contributed by atoms with Gasteiger partial charge in [-0.1, -0.05) is 37.6 Å². The lowest BCUT2D eigenvalue weighted by Gasteiger charge is -2.10. The predicted molar refractivity (Wildman–Crippen MR) is 143 cm³/mol. The molecule has 4 rings (SSSR count). The molecule has 0 saturated carbocycles. The Kier molecular flexibility index (Phi) is 8.38. The molecule has 0 saturated heterocycles. The van der Waals surface area contributed by atoms with Crippen molar-refractivity contribution >= 4 is 39.3 Å². The Labute approximate surface area is 218 Å². The second-order valence-corrected chi connectivity index (χ2v) is 9.18. The molecule has 0 amide bonds. The lowest BCUT2D eigenvalue weighted by atomic mass is 10.1. The first-order valence-corrected chi connectivity index (χ1v) is 12.8. The van der Waals surface area contributed by atoms with Gasteiger partial charge in [-0.15, -0.1) is 0 Å². The summed E-state index contributed by atoms with van der Waals surface area (Å²) in [5, 5.41) is 3.15. The van der Waals surface area contributed by atoms with Crippen molar-refractivity contribution in [3.05, 3.63) is 82.5 Å². The third-order valence-electron chi connectivity index (χ3n) is 5.61. The van der Waals surface area contributed by atoms with Crippen molar-refractivity contribution in [1.82, 2.24) is 9.38 Å². The van der Waals surface area contributed by atoms with Crippen LogP contribution in [0, 0.1) is 0 Å². The van der Waals surface area contributed by atoms with Crippen LogP contribution < -0.4 is 10.1 Å². The molecule has 0 aliphatic heterocycles. The number of anilines is 1. The number of benzene rings is 2. The minimum atomic E-state index is -0.422. The Morgan fingerprint density at radius 1 is 1.06 bits per heavy atom. The van der Waals surface area contributed by atoms with Crippen molar-refractivity contribution in [2.75, 3.05) is 18.5 Å². The van der Waals surface area contributed by atoms with E-state index in [1.807, 2.05) is 40.9 Å². The van der Waals surface area contributed by atoms with Crippen LogP contribution in [-0.4, -0.2) is 34.5 Å². The number of nitrogens with zero attached hydrogens (tertiary/aromatic N) is 2. The zero-order chi connectivity index (χ0) is 25.5. The number of halogens is 1. The van der Waals surface area contributed by atoms with Gasteiger partial charge in [-0.3, -0.25) is 9.20 Å². The van der Waals surface area contributed by atoms with Crippen LogP contribution in [0.1, 0.15) is 42.6 Å². The summed E-state index contributed by atoms with van der Waals surface area (Å²) in [5.74, 6) is 0.248. The highest BCUT2D eigenvalue weighted by Crippen LogP contribution is 2.32. The second-order valence-electron chi connectivity index (χ2n) is 8.26. The molecule has 0 spiro atoms. The molecule has 0 aliphatic rings. The summed E-state index contributed by atoms with van der Waals surface area (Å²) in [6, 6.07) is 18.5. The third kappa shape index (κ3) is 6.12. The highest BCUT2D eigenvalue weighted by Gasteiger charge is 2.17. The first kappa shape index (κ1) is 25.4. The number of carbonyl (C=O) groups is 2. The van der Waals surface area contributed by atoms with Crippen LogP contribution >= 0.6 is 15.9 Å². The van der Waals surface area contributed by atoms with Gasteiger partial charge >= 0.3 is 11.9 Å². The fraction of sp³-hybridized carbons (Fsp3) is 0.250. The summed E-state index contributed by atoms with van der Waals surface area (Å²) in [7, 11) is 0. The molecule has 1 N–H and O–H groups in total. The van der Waals surface area contributed by atoms with E-state index < -0.39 is 5.97 Å². The standard InChI is InChI=1S/C28H28BrN3O4/c1-3-5-7-19-10-12-20(13-11-19)28(34)36-23-9-6-8-21(16-23)26-27(30-17-25(33)35-4-2)32-18-22(29)14-15-24(32)31-26/h6,8-16,18,30H,3-5,7,17H2,1-2H3. The lowest BCUT2D eigenvalue weighted by molar-refractivity contribution is -0.140. The van der Waals surface area contributed by atoms with Crippen LogP contribution in [0.4, 0.5) is 5.82 Å². The number of carbonyl (C=O) groups excluding carboxylic acids is 2. The van der Waals surface area contributed by atoms with E-state index in [4.69, 9.17) is 14.5 Å². The Hall–Kier alpha value is -3.65. The number of hydrogen-bond donors (Lipinski definition) is 1. The summed E-state index contributed by atoms with van der Waals surface area (Å²) in [5.41, 5.74) is 3.76. The number of nitrogens with one attached hydrogen (secondary N) is 1. The fourth-order valence-electron chi connectivity index (χ4n) is 3.82. The SMILES string of the molecule is CCCCc1ccc(C(=O)Oc2cccc(-c3nc4ccc(Br)cn4c3NCC(=O)OCC)c2)cc1. The van der Waals surface area contributed by atoms with Gasteiger partial charge < -0.3 is 14.8 Å². The van der Waals surface area contributed by atoms with Crippen molar-refractivity contribution in [3.8, 4) is 17.0 Å². The van der Waals surface area contributed by atoms with Crippen molar-refractivity contribution < 1.29 is 19.1 Å². The quantitative estimate of drug-likeness (QED) is 0.184. The molecule has 8 heteroatoms. The molecule has 2 heterocycles. The van der Waals surface area contributed by atoms with Crippen LogP contribution in [0.25, 0.3) is 16.9 Å². The number of pyridine rings is 1. The van der Waals surface area contributed by atoms with E-state index in [1.165, 1.54) is 5.56 Å². The summed E-state index contributed by atoms with van der Waals surface area (Å²) >= 11 is 3.49. The van der Waals surface area contributed by atoms with Gasteiger partial charge in [0.1, 0.15) is 29.5 Å². The third-order valence-corrected chi connectivity index (χ3v) is 6.08. The number of ether oxygens (including phenoxy) is 2. The Morgan fingerprint density at radius 2 is 1.86 bits per heavy atom. The summed E-state index contributed by atoms with van der Waals surface area (Å²) in [6.07, 6.45) is 5.11. The van der Waals surface area contributed by atoms with Gasteiger partial charge in [0.15, 0.2) is 0 Å². The van der Waals surface area contributed by atoms with E-state index in [9.17, 15) is 9.59 Å². The molecule has 2 aromatic carbocycles. The van der Waals surface area contributed by atoms with Gasteiger partial charge in [-0.05, 0) is 77.7 Å². The maximum Gasteiger partial charge on any atom is 0.343 e. The molecule has 0 radical (unpaired) electrons. The summed E-state index contributed by atoms with van der Waals surface area (Å²) < 4.78 is 13.4. The average molecular weight is 550 g/mol. The van der Waals surface area contributed by atoms with Crippen LogP contribution in [-0.2, 0) is 16.0 Å². The van der Waals surface area contributed by atoms with Crippen molar-refractivity contribution in [3.63, 3.8) is 0 Å². The number of unbranched alkanes of at least 4 members (excludes halogenated alkanes) is 1. The van der Waals surface area contributed by atoms with Gasteiger partial charge in [0.25, 0.3) is 0 Å². The first-order chi connectivity index (χ1) is 17.5. The molecular formula is C28H28BrN3O4. The Bertz CT molecular complexity index is 1370. The van der Waals surface area contributed by atoms with E-state index in [0.717, 1.165) is 29.3 Å². The second kappa shape index (κ2) is 11.9. The monoisotopic (exact) mass is 549 g/mol. The van der Waals surface area contributed by atoms with Gasteiger partial charge in [0, 0.05) is 16.2 Å². The maximum absolute atomic E-state index is 12.8. The summed E-state index contributed by atoms with van der Waals surface area (Å²) in [4.78, 5) is 29.5. The largest absolute Gasteiger partial charge is 0.465 e. The molecule has 4 aromatic rings. The van der Waals surface area contributed by atoms with E-state index in [2.05, 4.69) is 28.2 Å².